The zero-order chi connectivity index (χ0) is 11.7. The average molecular weight is 223 g/mol. The molecule has 16 heavy (non-hydrogen) atoms. The lowest BCUT2D eigenvalue weighted by Gasteiger charge is -2.26. The third-order valence-electron chi connectivity index (χ3n) is 2.50. The largest absolute Gasteiger partial charge is 0.396 e. The number of hydrogen-bond donors (Lipinski definition) is 2. The number of nitrogen functional groups attached to an aromatic ring is 1. The molecule has 1 aliphatic rings. The number of anilines is 1. The van der Waals surface area contributed by atoms with Crippen molar-refractivity contribution in [1.82, 2.24) is 20.0 Å². The molecule has 3 N–H and O–H groups in total. The monoisotopic (exact) mass is 223 g/mol. The Morgan fingerprint density at radius 3 is 2.94 bits per heavy atom. The lowest BCUT2D eigenvalue weighted by molar-refractivity contribution is -0.123. The summed E-state index contributed by atoms with van der Waals surface area (Å²) in [5.74, 6) is -0.410. The van der Waals surface area contributed by atoms with Crippen LogP contribution in [0.15, 0.2) is 6.20 Å². The number of rotatable bonds is 1. The molecule has 0 bridgehead atoms. The van der Waals surface area contributed by atoms with E-state index >= 15 is 0 Å². The standard InChI is InChI=1S/C9H13N5O2/c1-13-8(6(10)4-12-13)9(16)14-3-2-11-7(15)5-14/h4H,2-3,5,10H2,1H3,(H,11,15). The molecule has 1 saturated heterocycles. The summed E-state index contributed by atoms with van der Waals surface area (Å²) in [7, 11) is 1.65. The van der Waals surface area contributed by atoms with Crippen LogP contribution in [0.25, 0.3) is 0 Å². The predicted molar refractivity (Wildman–Crippen MR) is 56.5 cm³/mol. The van der Waals surface area contributed by atoms with Gasteiger partial charge in [-0.25, -0.2) is 0 Å². The molecule has 7 nitrogen and oxygen atoms in total. The van der Waals surface area contributed by atoms with Crippen LogP contribution in [0.4, 0.5) is 5.69 Å². The van der Waals surface area contributed by atoms with E-state index in [2.05, 4.69) is 10.4 Å². The second-order valence-electron chi connectivity index (χ2n) is 3.65. The van der Waals surface area contributed by atoms with Gasteiger partial charge in [-0.3, -0.25) is 14.3 Å². The fourth-order valence-corrected chi connectivity index (χ4v) is 1.68. The summed E-state index contributed by atoms with van der Waals surface area (Å²) >= 11 is 0. The molecule has 0 spiro atoms. The molecular formula is C9H13N5O2. The number of aromatic nitrogens is 2. The van der Waals surface area contributed by atoms with Gasteiger partial charge in [0.25, 0.3) is 5.91 Å². The van der Waals surface area contributed by atoms with Crippen LogP contribution in [0, 0.1) is 0 Å². The highest BCUT2D eigenvalue weighted by Gasteiger charge is 2.25. The summed E-state index contributed by atoms with van der Waals surface area (Å²) < 4.78 is 1.42. The van der Waals surface area contributed by atoms with Crippen LogP contribution >= 0.6 is 0 Å². The van der Waals surface area contributed by atoms with Crippen LogP contribution < -0.4 is 11.1 Å². The number of aryl methyl sites for hydroxylation is 1. The fraction of sp³-hybridized carbons (Fsp3) is 0.444. The minimum absolute atomic E-state index is 0.0729. The van der Waals surface area contributed by atoms with Gasteiger partial charge in [0.15, 0.2) is 0 Å². The van der Waals surface area contributed by atoms with Crippen molar-refractivity contribution in [2.45, 2.75) is 0 Å². The molecule has 0 aromatic carbocycles. The van der Waals surface area contributed by atoms with Crippen molar-refractivity contribution >= 4 is 17.5 Å². The van der Waals surface area contributed by atoms with E-state index < -0.39 is 0 Å². The first kappa shape index (κ1) is 10.5. The predicted octanol–water partition coefficient (Wildman–Crippen LogP) is -1.43. The summed E-state index contributed by atoms with van der Waals surface area (Å²) in [6, 6.07) is 0. The number of amides is 2. The van der Waals surface area contributed by atoms with Gasteiger partial charge in [-0.1, -0.05) is 0 Å². The Kier molecular flexibility index (Phi) is 2.51. The van der Waals surface area contributed by atoms with Gasteiger partial charge in [-0.05, 0) is 0 Å². The van der Waals surface area contributed by atoms with Gasteiger partial charge < -0.3 is 16.0 Å². The van der Waals surface area contributed by atoms with E-state index in [4.69, 9.17) is 5.73 Å². The molecule has 86 valence electrons. The molecule has 0 saturated carbocycles. The Hall–Kier alpha value is -2.05. The first-order valence-corrected chi connectivity index (χ1v) is 4.93. The number of carbonyl (C=O) groups excluding carboxylic acids is 2. The first-order chi connectivity index (χ1) is 7.59. The normalized spacial score (nSPS) is 16.1. The zero-order valence-corrected chi connectivity index (χ0v) is 8.93. The molecule has 1 aliphatic heterocycles. The number of piperazine rings is 1. The smallest absolute Gasteiger partial charge is 0.274 e. The van der Waals surface area contributed by atoms with Crippen molar-refractivity contribution in [3.8, 4) is 0 Å². The zero-order valence-electron chi connectivity index (χ0n) is 8.93. The molecule has 0 unspecified atom stereocenters. The minimum Gasteiger partial charge on any atom is -0.396 e. The number of nitrogens with two attached hydrogens (primary N) is 1. The molecular weight excluding hydrogens is 210 g/mol. The summed E-state index contributed by atoms with van der Waals surface area (Å²) in [6.07, 6.45) is 1.43. The Morgan fingerprint density at radius 1 is 1.62 bits per heavy atom. The Morgan fingerprint density at radius 2 is 2.38 bits per heavy atom. The Labute approximate surface area is 92.2 Å². The topological polar surface area (TPSA) is 93.2 Å². The van der Waals surface area contributed by atoms with Crippen LogP contribution in [0.5, 0.6) is 0 Å². The number of nitrogens with one attached hydrogen (secondary N) is 1. The molecule has 0 radical (unpaired) electrons. The van der Waals surface area contributed by atoms with Gasteiger partial charge >= 0.3 is 0 Å². The lowest BCUT2D eigenvalue weighted by atomic mass is 10.2. The minimum atomic E-state index is -0.257. The maximum absolute atomic E-state index is 12.1. The molecule has 1 aromatic rings. The Bertz CT molecular complexity index is 420. The number of carbonyl (C=O) groups is 2. The van der Waals surface area contributed by atoms with Crippen molar-refractivity contribution in [3.05, 3.63) is 11.9 Å². The van der Waals surface area contributed by atoms with Crippen molar-refractivity contribution in [1.29, 1.82) is 0 Å². The molecule has 7 heteroatoms. The van der Waals surface area contributed by atoms with Crippen LogP contribution in [0.3, 0.4) is 0 Å². The number of hydrogen-bond acceptors (Lipinski definition) is 4. The van der Waals surface area contributed by atoms with Crippen molar-refractivity contribution in [2.24, 2.45) is 7.05 Å². The van der Waals surface area contributed by atoms with Crippen molar-refractivity contribution in [2.75, 3.05) is 25.4 Å². The summed E-state index contributed by atoms with van der Waals surface area (Å²) in [5, 5.41) is 6.55. The molecule has 1 fully saturated rings. The quantitative estimate of drug-likeness (QED) is 0.610. The van der Waals surface area contributed by atoms with E-state index in [0.29, 0.717) is 24.5 Å². The van der Waals surface area contributed by atoms with E-state index in [1.54, 1.807) is 7.05 Å². The SMILES string of the molecule is Cn1ncc(N)c1C(=O)N1CCNC(=O)C1. The maximum Gasteiger partial charge on any atom is 0.274 e. The lowest BCUT2D eigenvalue weighted by Crippen LogP contribution is -2.50. The summed E-state index contributed by atoms with van der Waals surface area (Å²) in [6.45, 7) is 1.04. The van der Waals surface area contributed by atoms with Gasteiger partial charge in [0.1, 0.15) is 5.69 Å². The van der Waals surface area contributed by atoms with Crippen molar-refractivity contribution < 1.29 is 9.59 Å². The van der Waals surface area contributed by atoms with E-state index in [-0.39, 0.29) is 18.4 Å². The third kappa shape index (κ3) is 1.71. The summed E-state index contributed by atoms with van der Waals surface area (Å²) in [4.78, 5) is 24.7. The fourth-order valence-electron chi connectivity index (χ4n) is 1.68. The number of nitrogens with zero attached hydrogens (tertiary/aromatic N) is 3. The van der Waals surface area contributed by atoms with Crippen LogP contribution in [-0.4, -0.2) is 46.1 Å². The van der Waals surface area contributed by atoms with Gasteiger partial charge in [-0.2, -0.15) is 5.10 Å². The maximum atomic E-state index is 12.1. The first-order valence-electron chi connectivity index (χ1n) is 4.93. The van der Waals surface area contributed by atoms with E-state index in [1.807, 2.05) is 0 Å². The van der Waals surface area contributed by atoms with Crippen LogP contribution in [0.1, 0.15) is 10.5 Å². The van der Waals surface area contributed by atoms with Crippen LogP contribution in [-0.2, 0) is 11.8 Å². The van der Waals surface area contributed by atoms with E-state index in [9.17, 15) is 9.59 Å². The van der Waals surface area contributed by atoms with E-state index in [0.717, 1.165) is 0 Å². The van der Waals surface area contributed by atoms with Crippen molar-refractivity contribution in [3.63, 3.8) is 0 Å². The van der Waals surface area contributed by atoms with E-state index in [1.165, 1.54) is 15.8 Å². The molecule has 2 rings (SSSR count). The average Bonchev–Trinajstić information content (AvgIpc) is 2.58. The highest BCUT2D eigenvalue weighted by atomic mass is 16.2. The second-order valence-corrected chi connectivity index (χ2v) is 3.65. The Balaban J connectivity index is 2.22. The summed E-state index contributed by atoms with van der Waals surface area (Å²) in [5.41, 5.74) is 6.31. The van der Waals surface area contributed by atoms with Crippen LogP contribution in [0.2, 0.25) is 0 Å². The van der Waals surface area contributed by atoms with Gasteiger partial charge in [0, 0.05) is 20.1 Å². The highest BCUT2D eigenvalue weighted by Crippen LogP contribution is 2.12. The molecule has 0 aliphatic carbocycles. The third-order valence-corrected chi connectivity index (χ3v) is 2.50. The molecule has 1 aromatic heterocycles. The molecule has 2 heterocycles. The van der Waals surface area contributed by atoms with Gasteiger partial charge in [0.2, 0.25) is 5.91 Å². The van der Waals surface area contributed by atoms with Gasteiger partial charge in [0.05, 0.1) is 18.4 Å². The molecule has 2 amide bonds. The highest BCUT2D eigenvalue weighted by molar-refractivity contribution is 5.99. The molecule has 0 atom stereocenters. The second kappa shape index (κ2) is 3.84. The van der Waals surface area contributed by atoms with Gasteiger partial charge in [-0.15, -0.1) is 0 Å².